The molecule has 0 rings (SSSR count). The molecule has 0 aromatic carbocycles. The van der Waals surface area contributed by atoms with Crippen LogP contribution in [0.25, 0.3) is 0 Å². The second-order valence-electron chi connectivity index (χ2n) is 16.4. The molecule has 6 nitrogen and oxygen atoms in total. The molecule has 0 atom stereocenters. The zero-order valence-corrected chi connectivity index (χ0v) is 27.9. The minimum atomic E-state index is -0.954. The quantitative estimate of drug-likeness (QED) is 0.397. The van der Waals surface area contributed by atoms with Gasteiger partial charge in [0.15, 0.2) is 0 Å². The summed E-state index contributed by atoms with van der Waals surface area (Å²) in [5.41, 5.74) is 0.0715. The summed E-state index contributed by atoms with van der Waals surface area (Å²) in [6.45, 7) is 30.8. The molecule has 0 unspecified atom stereocenters. The van der Waals surface area contributed by atoms with Gasteiger partial charge in [0.2, 0.25) is 0 Å². The molecule has 0 spiro atoms. The molecule has 1 radical (unpaired) electrons. The van der Waals surface area contributed by atoms with E-state index in [1.165, 1.54) is 0 Å². The van der Waals surface area contributed by atoms with E-state index in [9.17, 15) is 29.7 Å². The van der Waals surface area contributed by atoms with Crippen LogP contribution in [-0.4, -0.2) is 17.9 Å². The van der Waals surface area contributed by atoms with Crippen molar-refractivity contribution in [3.63, 3.8) is 0 Å². The van der Waals surface area contributed by atoms with Crippen molar-refractivity contribution < 1.29 is 47.1 Å². The van der Waals surface area contributed by atoms with E-state index in [-0.39, 0.29) is 69.1 Å². The number of carboxylic acid groups (broad SMARTS) is 3. The number of hydrogen-bond acceptors (Lipinski definition) is 6. The van der Waals surface area contributed by atoms with E-state index in [1.54, 1.807) is 0 Å². The SMILES string of the molecule is CC(C)(C)CC(C)(C)CC(=O)[O-].CC(C)(C)CC(C)(C)CC(=O)[O-].CC(C)(C)CC(C)(C)CC(=O)[O-].[Cr+3]. The summed E-state index contributed by atoms with van der Waals surface area (Å²) >= 11 is 0. The molecule has 0 bridgehead atoms. The van der Waals surface area contributed by atoms with E-state index in [0.29, 0.717) is 0 Å². The van der Waals surface area contributed by atoms with Gasteiger partial charge in [0.05, 0.1) is 0 Å². The predicted octanol–water partition coefficient (Wildman–Crippen LogP) is 4.76. The summed E-state index contributed by atoms with van der Waals surface area (Å²) in [4.78, 5) is 31.2. The largest absolute Gasteiger partial charge is 3.00 e. The maximum absolute atomic E-state index is 10.4. The molecule has 0 aliphatic carbocycles. The van der Waals surface area contributed by atoms with Crippen molar-refractivity contribution in [1.82, 2.24) is 0 Å². The van der Waals surface area contributed by atoms with Crippen molar-refractivity contribution >= 4 is 17.9 Å². The third-order valence-corrected chi connectivity index (χ3v) is 4.90. The maximum Gasteiger partial charge on any atom is 3.00 e. The molecule has 0 aliphatic heterocycles. The van der Waals surface area contributed by atoms with Crippen LogP contribution in [0.15, 0.2) is 0 Å². The van der Waals surface area contributed by atoms with Crippen LogP contribution in [0.4, 0.5) is 0 Å². The van der Waals surface area contributed by atoms with Crippen molar-refractivity contribution in [1.29, 1.82) is 0 Å². The second-order valence-corrected chi connectivity index (χ2v) is 16.4. The Labute approximate surface area is 239 Å². The summed E-state index contributed by atoms with van der Waals surface area (Å²) in [6, 6.07) is 0. The standard InChI is InChI=1S/3C10H20O2.Cr/c3*1-9(2,3)7-10(4,5)6-8(11)12;/h3*6-7H2,1-5H3,(H,11,12);/q;;;+3/p-3. The average Bonchev–Trinajstić information content (AvgIpc) is 2.33. The third-order valence-electron chi connectivity index (χ3n) is 4.90. The molecule has 0 aromatic rings. The molecule has 219 valence electrons. The van der Waals surface area contributed by atoms with Gasteiger partial charge in [0.25, 0.3) is 0 Å². The minimum absolute atomic E-state index is 0. The van der Waals surface area contributed by atoms with Crippen molar-refractivity contribution in [2.24, 2.45) is 32.5 Å². The monoisotopic (exact) mass is 565 g/mol. The Morgan fingerprint density at radius 1 is 0.405 bits per heavy atom. The summed E-state index contributed by atoms with van der Waals surface area (Å²) in [7, 11) is 0. The first kappa shape index (κ1) is 43.0. The first-order valence-corrected chi connectivity index (χ1v) is 13.0. The molecular weight excluding hydrogens is 508 g/mol. The number of carbonyl (C=O) groups is 3. The van der Waals surface area contributed by atoms with Gasteiger partial charge in [-0.15, -0.1) is 0 Å². The van der Waals surface area contributed by atoms with Crippen LogP contribution in [0.5, 0.6) is 0 Å². The van der Waals surface area contributed by atoms with Crippen LogP contribution >= 0.6 is 0 Å². The van der Waals surface area contributed by atoms with Crippen LogP contribution in [0, 0.1) is 32.5 Å². The van der Waals surface area contributed by atoms with Crippen molar-refractivity contribution in [2.45, 2.75) is 142 Å². The van der Waals surface area contributed by atoms with Crippen molar-refractivity contribution in [2.75, 3.05) is 0 Å². The molecule has 0 aliphatic rings. The van der Waals surface area contributed by atoms with Crippen molar-refractivity contribution in [3.05, 3.63) is 0 Å². The van der Waals surface area contributed by atoms with Crippen LogP contribution in [-0.2, 0) is 31.7 Å². The molecule has 0 heterocycles. The van der Waals surface area contributed by atoms with Gasteiger partial charge in [-0.05, 0) is 71.0 Å². The van der Waals surface area contributed by atoms with E-state index in [4.69, 9.17) is 0 Å². The van der Waals surface area contributed by atoms with E-state index in [2.05, 4.69) is 62.3 Å². The molecule has 37 heavy (non-hydrogen) atoms. The van der Waals surface area contributed by atoms with Gasteiger partial charge in [-0.2, -0.15) is 0 Å². The van der Waals surface area contributed by atoms with Gasteiger partial charge in [0, 0.05) is 17.9 Å². The molecule has 0 saturated heterocycles. The topological polar surface area (TPSA) is 120 Å². The number of carboxylic acids is 3. The van der Waals surface area contributed by atoms with E-state index >= 15 is 0 Å². The minimum Gasteiger partial charge on any atom is -0.550 e. The molecule has 0 N–H and O–H groups in total. The smallest absolute Gasteiger partial charge is 0.550 e. The molecule has 0 aromatic heterocycles. The van der Waals surface area contributed by atoms with E-state index in [0.717, 1.165) is 19.3 Å². The summed E-state index contributed by atoms with van der Waals surface area (Å²) in [5.74, 6) is -2.86. The number of carbonyl (C=O) groups excluding carboxylic acids is 3. The normalized spacial score (nSPS) is 12.7. The number of rotatable bonds is 9. The summed E-state index contributed by atoms with van der Waals surface area (Å²) in [6.07, 6.45) is 3.12. The fourth-order valence-electron chi connectivity index (χ4n) is 5.67. The van der Waals surface area contributed by atoms with Crippen LogP contribution in [0.1, 0.15) is 142 Å². The predicted molar refractivity (Wildman–Crippen MR) is 142 cm³/mol. The number of hydrogen-bond donors (Lipinski definition) is 0. The summed E-state index contributed by atoms with van der Waals surface area (Å²) < 4.78 is 0. The third kappa shape index (κ3) is 37.2. The van der Waals surface area contributed by atoms with Gasteiger partial charge in [-0.25, -0.2) is 0 Å². The van der Waals surface area contributed by atoms with E-state index in [1.807, 2.05) is 41.5 Å². The van der Waals surface area contributed by atoms with Crippen molar-refractivity contribution in [3.8, 4) is 0 Å². The van der Waals surface area contributed by atoms with E-state index < -0.39 is 17.9 Å². The van der Waals surface area contributed by atoms with Gasteiger partial charge >= 0.3 is 17.4 Å². The van der Waals surface area contributed by atoms with Crippen LogP contribution in [0.3, 0.4) is 0 Å². The first-order valence-electron chi connectivity index (χ1n) is 13.0. The molecule has 0 fully saturated rings. The molecule has 0 saturated carbocycles. The van der Waals surface area contributed by atoms with Gasteiger partial charge in [0.1, 0.15) is 0 Å². The Balaban J connectivity index is -0.000000218. The second kappa shape index (κ2) is 16.1. The fraction of sp³-hybridized carbons (Fsp3) is 0.900. The molecule has 7 heteroatoms. The Kier molecular flexibility index (Phi) is 18.8. The van der Waals surface area contributed by atoms with Crippen LogP contribution in [0.2, 0.25) is 0 Å². The van der Waals surface area contributed by atoms with Gasteiger partial charge < -0.3 is 29.7 Å². The first-order chi connectivity index (χ1) is 15.4. The summed E-state index contributed by atoms with van der Waals surface area (Å²) in [5, 5.41) is 31.2. The van der Waals surface area contributed by atoms with Gasteiger partial charge in [-0.3, -0.25) is 0 Å². The van der Waals surface area contributed by atoms with Crippen LogP contribution < -0.4 is 15.3 Å². The average molecular weight is 566 g/mol. The number of aliphatic carboxylic acids is 3. The zero-order chi connectivity index (χ0) is 30.0. The fourth-order valence-corrected chi connectivity index (χ4v) is 5.67. The van der Waals surface area contributed by atoms with Gasteiger partial charge in [-0.1, -0.05) is 104 Å². The zero-order valence-electron chi connectivity index (χ0n) is 26.6. The Morgan fingerprint density at radius 2 is 0.541 bits per heavy atom. The molecule has 0 amide bonds. The Morgan fingerprint density at radius 3 is 0.622 bits per heavy atom. The Bertz CT molecular complexity index is 591. The Hall–Kier alpha value is -1.06. The molecular formula is C30H57CrO6. The maximum atomic E-state index is 10.4.